The van der Waals surface area contributed by atoms with Crippen molar-refractivity contribution in [1.82, 2.24) is 0 Å². The Morgan fingerprint density at radius 3 is 2.25 bits per heavy atom. The highest BCUT2D eigenvalue weighted by molar-refractivity contribution is 14.1. The minimum atomic E-state index is -0.0389. The van der Waals surface area contributed by atoms with Crippen molar-refractivity contribution in [3.8, 4) is 11.8 Å². The molecule has 1 aliphatic rings. The fourth-order valence-corrected chi connectivity index (χ4v) is 3.85. The molecule has 1 aromatic carbocycles. The summed E-state index contributed by atoms with van der Waals surface area (Å²) in [5, 5.41) is 8.94. The molecule has 0 amide bonds. The number of hydrogen-bond donors (Lipinski definition) is 1. The average molecular weight is 407 g/mol. The van der Waals surface area contributed by atoms with Crippen LogP contribution < -0.4 is 10.5 Å². The summed E-state index contributed by atoms with van der Waals surface area (Å²) in [5.74, 6) is 0.807. The van der Waals surface area contributed by atoms with Crippen LogP contribution in [0.3, 0.4) is 0 Å². The largest absolute Gasteiger partial charge is 0.489 e. The number of hydrogen-bond acceptors (Lipinski definition) is 3. The third kappa shape index (κ3) is 2.63. The van der Waals surface area contributed by atoms with E-state index in [1.807, 2.05) is 12.1 Å². The zero-order chi connectivity index (χ0) is 14.4. The summed E-state index contributed by atoms with van der Waals surface area (Å²) >= 11 is 2.16. The van der Waals surface area contributed by atoms with Crippen LogP contribution in [0, 0.1) is 25.7 Å². The molecule has 0 saturated heterocycles. The molecule has 2 rings (SSSR count). The van der Waals surface area contributed by atoms with Gasteiger partial charge in [0.25, 0.3) is 0 Å². The molecule has 110 valence electrons. The zero-order valence-corrected chi connectivity index (χ0v) is 15.1. The van der Waals surface area contributed by atoms with Crippen molar-refractivity contribution in [3.63, 3.8) is 0 Å². The number of rotatable bonds is 2. The molecule has 1 aliphatic carbocycles. The van der Waals surface area contributed by atoms with Crippen LogP contribution in [0.25, 0.3) is 0 Å². The molecule has 0 aliphatic heterocycles. The van der Waals surface area contributed by atoms with Gasteiger partial charge in [0.05, 0.1) is 5.56 Å². The average Bonchev–Trinajstić information content (AvgIpc) is 2.34. The Hall–Kier alpha value is -0.510. The van der Waals surface area contributed by atoms with E-state index in [9.17, 15) is 0 Å². The molecule has 20 heavy (non-hydrogen) atoms. The van der Waals surface area contributed by atoms with E-state index >= 15 is 0 Å². The van der Waals surface area contributed by atoms with E-state index in [1.165, 1.54) is 0 Å². The van der Waals surface area contributed by atoms with Crippen LogP contribution >= 0.6 is 35.0 Å². The van der Waals surface area contributed by atoms with Gasteiger partial charge in [-0.25, -0.2) is 0 Å². The molecule has 0 spiro atoms. The quantitative estimate of drug-likeness (QED) is 0.761. The maximum atomic E-state index is 8.94. The lowest BCUT2D eigenvalue weighted by Crippen LogP contribution is -2.72. The lowest BCUT2D eigenvalue weighted by molar-refractivity contribution is -0.155. The predicted molar refractivity (Wildman–Crippen MR) is 91.1 cm³/mol. The minimum Gasteiger partial charge on any atom is -0.489 e. The van der Waals surface area contributed by atoms with E-state index < -0.39 is 0 Å². The topological polar surface area (TPSA) is 59.0 Å². The molecule has 0 heterocycles. The van der Waals surface area contributed by atoms with Gasteiger partial charge in [0.15, 0.2) is 0 Å². The van der Waals surface area contributed by atoms with Crippen molar-refractivity contribution in [2.45, 2.75) is 39.8 Å². The SMILES string of the molecule is CC1(C)C(N)C(C)(C)C1Oc1ccc(C#N)c(I)c1.Cl. The fraction of sp³-hybridized carbons (Fsp3) is 0.533. The third-order valence-electron chi connectivity index (χ3n) is 4.27. The smallest absolute Gasteiger partial charge is 0.120 e. The molecule has 5 heteroatoms. The van der Waals surface area contributed by atoms with E-state index in [-0.39, 0.29) is 35.4 Å². The van der Waals surface area contributed by atoms with Gasteiger partial charge in [0, 0.05) is 20.4 Å². The van der Waals surface area contributed by atoms with E-state index in [2.05, 4.69) is 56.4 Å². The van der Waals surface area contributed by atoms with Gasteiger partial charge in [-0.15, -0.1) is 12.4 Å². The van der Waals surface area contributed by atoms with Crippen LogP contribution in [0.2, 0.25) is 0 Å². The molecular weight excluding hydrogens is 387 g/mol. The van der Waals surface area contributed by atoms with Crippen LogP contribution in [0.5, 0.6) is 5.75 Å². The maximum absolute atomic E-state index is 8.94. The maximum Gasteiger partial charge on any atom is 0.120 e. The van der Waals surface area contributed by atoms with E-state index in [0.717, 1.165) is 9.32 Å². The van der Waals surface area contributed by atoms with Gasteiger partial charge in [-0.2, -0.15) is 5.26 Å². The van der Waals surface area contributed by atoms with E-state index in [0.29, 0.717) is 5.56 Å². The van der Waals surface area contributed by atoms with Gasteiger partial charge in [0.2, 0.25) is 0 Å². The van der Waals surface area contributed by atoms with Gasteiger partial charge < -0.3 is 10.5 Å². The summed E-state index contributed by atoms with van der Waals surface area (Å²) in [6, 6.07) is 7.86. The molecule has 1 fully saturated rings. The Kier molecular flexibility index (Phi) is 5.00. The normalized spacial score (nSPS) is 25.9. The monoisotopic (exact) mass is 406 g/mol. The summed E-state index contributed by atoms with van der Waals surface area (Å²) in [6.45, 7) is 8.56. The number of nitrogens with zero attached hydrogens (tertiary/aromatic N) is 1. The Balaban J connectivity index is 0.00000200. The van der Waals surface area contributed by atoms with E-state index in [4.69, 9.17) is 15.7 Å². The van der Waals surface area contributed by atoms with Gasteiger partial charge in [-0.3, -0.25) is 0 Å². The second-order valence-corrected chi connectivity index (χ2v) is 7.53. The van der Waals surface area contributed by atoms with Crippen LogP contribution in [0.1, 0.15) is 33.3 Å². The van der Waals surface area contributed by atoms with Crippen LogP contribution in [-0.2, 0) is 0 Å². The number of halogens is 2. The van der Waals surface area contributed by atoms with Crippen molar-refractivity contribution in [2.24, 2.45) is 16.6 Å². The highest BCUT2D eigenvalue weighted by atomic mass is 127. The molecule has 0 aromatic heterocycles. The van der Waals surface area contributed by atoms with Crippen molar-refractivity contribution in [1.29, 1.82) is 5.26 Å². The Bertz CT molecular complexity index is 535. The second-order valence-electron chi connectivity index (χ2n) is 6.37. The molecule has 0 bridgehead atoms. The molecule has 1 aromatic rings. The molecular formula is C15H20ClIN2O. The lowest BCUT2D eigenvalue weighted by atomic mass is 9.50. The predicted octanol–water partition coefficient (Wildman–Crippen LogP) is 3.73. The van der Waals surface area contributed by atoms with Crippen LogP contribution in [0.15, 0.2) is 18.2 Å². The van der Waals surface area contributed by atoms with Crippen LogP contribution in [0.4, 0.5) is 0 Å². The number of nitrogens with two attached hydrogens (primary N) is 1. The summed E-state index contributed by atoms with van der Waals surface area (Å²) < 4.78 is 7.05. The molecule has 0 radical (unpaired) electrons. The highest BCUT2D eigenvalue weighted by Crippen LogP contribution is 2.54. The summed E-state index contributed by atoms with van der Waals surface area (Å²) in [4.78, 5) is 0. The van der Waals surface area contributed by atoms with Crippen molar-refractivity contribution < 1.29 is 4.74 Å². The second kappa shape index (κ2) is 5.70. The fourth-order valence-electron chi connectivity index (χ4n) is 3.25. The Labute approximate surface area is 140 Å². The summed E-state index contributed by atoms with van der Waals surface area (Å²) in [7, 11) is 0. The van der Waals surface area contributed by atoms with Gasteiger partial charge in [0.1, 0.15) is 17.9 Å². The summed E-state index contributed by atoms with van der Waals surface area (Å²) in [6.07, 6.45) is 0.0822. The first-order valence-electron chi connectivity index (χ1n) is 6.33. The molecule has 0 unspecified atom stereocenters. The number of ether oxygens (including phenoxy) is 1. The van der Waals surface area contributed by atoms with Gasteiger partial charge in [-0.05, 0) is 40.8 Å². The van der Waals surface area contributed by atoms with Crippen molar-refractivity contribution in [2.75, 3.05) is 0 Å². The molecule has 1 saturated carbocycles. The van der Waals surface area contributed by atoms with E-state index in [1.54, 1.807) is 6.07 Å². The first kappa shape index (κ1) is 17.5. The van der Waals surface area contributed by atoms with Gasteiger partial charge >= 0.3 is 0 Å². The molecule has 2 N–H and O–H groups in total. The number of nitriles is 1. The minimum absolute atomic E-state index is 0. The Morgan fingerprint density at radius 2 is 1.80 bits per heavy atom. The van der Waals surface area contributed by atoms with Crippen molar-refractivity contribution >= 4 is 35.0 Å². The summed E-state index contributed by atoms with van der Waals surface area (Å²) in [5.41, 5.74) is 6.83. The van der Waals surface area contributed by atoms with Crippen LogP contribution in [-0.4, -0.2) is 12.1 Å². The number of benzene rings is 1. The standard InChI is InChI=1S/C15H19IN2O.ClH/c1-14(2)12(18)15(3,4)13(14)19-10-6-5-9(8-17)11(16)7-10;/h5-7,12-13H,18H2,1-4H3;1H. The molecule has 0 atom stereocenters. The molecule has 3 nitrogen and oxygen atoms in total. The first-order valence-corrected chi connectivity index (χ1v) is 7.41. The first-order chi connectivity index (χ1) is 8.71. The Morgan fingerprint density at radius 1 is 1.25 bits per heavy atom. The highest BCUT2D eigenvalue weighted by Gasteiger charge is 2.61. The zero-order valence-electron chi connectivity index (χ0n) is 12.1. The van der Waals surface area contributed by atoms with Crippen molar-refractivity contribution in [3.05, 3.63) is 27.3 Å². The van der Waals surface area contributed by atoms with Gasteiger partial charge in [-0.1, -0.05) is 27.7 Å². The lowest BCUT2D eigenvalue weighted by Gasteiger charge is -2.61. The third-order valence-corrected chi connectivity index (χ3v) is 5.16.